The molecule has 20 heavy (non-hydrogen) atoms. The van der Waals surface area contributed by atoms with E-state index in [9.17, 15) is 4.79 Å². The van der Waals surface area contributed by atoms with Gasteiger partial charge in [0.2, 0.25) is 0 Å². The number of aromatic nitrogens is 4. The first-order valence-corrected chi connectivity index (χ1v) is 6.91. The van der Waals surface area contributed by atoms with Gasteiger partial charge in [-0.15, -0.1) is 0 Å². The van der Waals surface area contributed by atoms with Crippen LogP contribution in [0.5, 0.6) is 0 Å². The number of nitrogens with zero attached hydrogens (tertiary/aromatic N) is 4. The van der Waals surface area contributed by atoms with Crippen molar-refractivity contribution in [1.82, 2.24) is 19.8 Å². The Morgan fingerprint density at radius 2 is 2.00 bits per heavy atom. The Morgan fingerprint density at radius 1 is 1.30 bits per heavy atom. The van der Waals surface area contributed by atoms with Gasteiger partial charge < -0.3 is 0 Å². The maximum absolute atomic E-state index is 12.1. The Kier molecular flexibility index (Phi) is 3.03. The number of aryl methyl sites for hydroxylation is 1. The second kappa shape index (κ2) is 4.61. The van der Waals surface area contributed by atoms with Crippen molar-refractivity contribution in [3.05, 3.63) is 33.7 Å². The van der Waals surface area contributed by atoms with Crippen molar-refractivity contribution in [3.8, 4) is 5.69 Å². The molecule has 102 valence electrons. The van der Waals surface area contributed by atoms with Crippen LogP contribution in [-0.4, -0.2) is 27.6 Å². The first-order valence-electron chi connectivity index (χ1n) is 6.91. The third-order valence-electron chi connectivity index (χ3n) is 3.82. The van der Waals surface area contributed by atoms with E-state index in [1.54, 1.807) is 7.05 Å². The molecule has 0 spiro atoms. The summed E-state index contributed by atoms with van der Waals surface area (Å²) in [7, 11) is 7.75. The molecule has 1 aromatic carbocycles. The number of rotatable bonds is 3. The number of benzene rings is 1. The van der Waals surface area contributed by atoms with E-state index in [4.69, 9.17) is 7.85 Å². The van der Waals surface area contributed by atoms with Crippen LogP contribution in [-0.2, 0) is 7.05 Å². The summed E-state index contributed by atoms with van der Waals surface area (Å²) in [6.07, 6.45) is 2.28. The molecule has 0 N–H and O–H groups in total. The van der Waals surface area contributed by atoms with Crippen molar-refractivity contribution in [2.75, 3.05) is 0 Å². The quantitative estimate of drug-likeness (QED) is 0.772. The van der Waals surface area contributed by atoms with Crippen LogP contribution in [0.15, 0.2) is 16.9 Å². The van der Waals surface area contributed by atoms with Crippen LogP contribution in [0.3, 0.4) is 0 Å². The zero-order chi connectivity index (χ0) is 14.4. The zero-order valence-corrected chi connectivity index (χ0v) is 12.0. The summed E-state index contributed by atoms with van der Waals surface area (Å²) in [5.41, 5.74) is 3.54. The van der Waals surface area contributed by atoms with Crippen LogP contribution in [0, 0.1) is 0 Å². The van der Waals surface area contributed by atoms with Gasteiger partial charge in [0, 0.05) is 7.05 Å². The smallest absolute Gasteiger partial charge is 0.244 e. The summed E-state index contributed by atoms with van der Waals surface area (Å²) in [5, 5.41) is 7.76. The summed E-state index contributed by atoms with van der Waals surface area (Å²) < 4.78 is 2.61. The Bertz CT molecular complexity index is 712. The molecule has 1 saturated carbocycles. The van der Waals surface area contributed by atoms with Gasteiger partial charge in [-0.1, -0.05) is 30.9 Å². The molecule has 0 bridgehead atoms. The molecule has 0 aliphatic heterocycles. The average Bonchev–Trinajstić information content (AvgIpc) is 3.18. The van der Waals surface area contributed by atoms with E-state index in [1.807, 2.05) is 12.1 Å². The highest BCUT2D eigenvalue weighted by atomic mass is 16.2. The topological polar surface area (TPSA) is 52.7 Å². The highest BCUT2D eigenvalue weighted by molar-refractivity contribution is 6.33. The molecule has 1 aliphatic carbocycles. The van der Waals surface area contributed by atoms with Crippen molar-refractivity contribution < 1.29 is 0 Å². The monoisotopic (exact) mass is 268 g/mol. The van der Waals surface area contributed by atoms with Crippen molar-refractivity contribution in [1.29, 1.82) is 0 Å². The summed E-state index contributed by atoms with van der Waals surface area (Å²) in [4.78, 5) is 12.1. The highest BCUT2D eigenvalue weighted by Gasteiger charge is 2.28. The van der Waals surface area contributed by atoms with E-state index in [-0.39, 0.29) is 5.69 Å². The van der Waals surface area contributed by atoms with Crippen molar-refractivity contribution in [2.45, 2.75) is 38.5 Å². The van der Waals surface area contributed by atoms with E-state index < -0.39 is 0 Å². The van der Waals surface area contributed by atoms with Crippen molar-refractivity contribution in [2.24, 2.45) is 7.05 Å². The van der Waals surface area contributed by atoms with Gasteiger partial charge in [-0.3, -0.25) is 0 Å². The van der Waals surface area contributed by atoms with E-state index in [0.29, 0.717) is 11.8 Å². The fourth-order valence-corrected chi connectivity index (χ4v) is 2.51. The molecule has 3 rings (SSSR count). The largest absolute Gasteiger partial charge is 0.368 e. The Morgan fingerprint density at radius 3 is 2.50 bits per heavy atom. The van der Waals surface area contributed by atoms with E-state index in [0.717, 1.165) is 35.1 Å². The highest BCUT2D eigenvalue weighted by Crippen LogP contribution is 2.42. The minimum Gasteiger partial charge on any atom is -0.244 e. The first-order chi connectivity index (χ1) is 9.49. The van der Waals surface area contributed by atoms with Crippen LogP contribution < -0.4 is 11.2 Å². The molecular weight excluding hydrogens is 251 g/mol. The predicted octanol–water partition coefficient (Wildman–Crippen LogP) is 0.761. The molecule has 0 amide bonds. The molecule has 1 aliphatic rings. The van der Waals surface area contributed by atoms with Crippen molar-refractivity contribution >= 4 is 13.3 Å². The SMILES string of the molecule is [B]c1cc(C2CC2)c(-n2nnn(C)c2=O)cc1C(C)C. The molecule has 5 nitrogen and oxygen atoms in total. The predicted molar refractivity (Wildman–Crippen MR) is 78.1 cm³/mol. The molecule has 1 aromatic heterocycles. The minimum absolute atomic E-state index is 0.230. The maximum Gasteiger partial charge on any atom is 0.368 e. The average molecular weight is 268 g/mol. The molecule has 0 saturated heterocycles. The second-order valence-corrected chi connectivity index (χ2v) is 5.77. The van der Waals surface area contributed by atoms with Gasteiger partial charge in [-0.2, -0.15) is 9.36 Å². The number of hydrogen-bond donors (Lipinski definition) is 0. The fraction of sp³-hybridized carbons (Fsp3) is 0.500. The van der Waals surface area contributed by atoms with E-state index in [2.05, 4.69) is 24.3 Å². The second-order valence-electron chi connectivity index (χ2n) is 5.77. The first kappa shape index (κ1) is 13.2. The fourth-order valence-electron chi connectivity index (χ4n) is 2.51. The lowest BCUT2D eigenvalue weighted by molar-refractivity contribution is 0.692. The van der Waals surface area contributed by atoms with Crippen LogP contribution >= 0.6 is 0 Å². The molecule has 1 fully saturated rings. The lowest BCUT2D eigenvalue weighted by Crippen LogP contribution is -2.24. The number of tetrazole rings is 1. The third kappa shape index (κ3) is 2.09. The third-order valence-corrected chi connectivity index (χ3v) is 3.82. The summed E-state index contributed by atoms with van der Waals surface area (Å²) in [6.45, 7) is 4.18. The summed E-state index contributed by atoms with van der Waals surface area (Å²) >= 11 is 0. The van der Waals surface area contributed by atoms with Gasteiger partial charge in [0.05, 0.1) is 5.69 Å². The van der Waals surface area contributed by atoms with Gasteiger partial charge >= 0.3 is 5.69 Å². The summed E-state index contributed by atoms with van der Waals surface area (Å²) in [6, 6.07) is 3.99. The molecule has 6 heteroatoms. The molecular formula is C14H17BN4O. The van der Waals surface area contributed by atoms with Gasteiger partial charge in [0.25, 0.3) is 0 Å². The maximum atomic E-state index is 12.1. The van der Waals surface area contributed by atoms with E-state index >= 15 is 0 Å². The van der Waals surface area contributed by atoms with Gasteiger partial charge in [-0.05, 0) is 46.7 Å². The molecule has 2 aromatic rings. The zero-order valence-electron chi connectivity index (χ0n) is 12.0. The molecule has 0 atom stereocenters. The van der Waals surface area contributed by atoms with Gasteiger partial charge in [0.15, 0.2) is 0 Å². The minimum atomic E-state index is -0.230. The van der Waals surface area contributed by atoms with Gasteiger partial charge in [-0.25, -0.2) is 4.79 Å². The lowest BCUT2D eigenvalue weighted by Gasteiger charge is -2.16. The standard InChI is InChI=1S/C14H17BN4O/c1-8(2)10-7-13(19-14(20)18(3)16-17-19)11(6-12(10)15)9-4-5-9/h6-9H,4-5H2,1-3H3. The lowest BCUT2D eigenvalue weighted by atomic mass is 9.83. The van der Waals surface area contributed by atoms with Crippen LogP contribution in [0.2, 0.25) is 0 Å². The van der Waals surface area contributed by atoms with E-state index in [1.165, 1.54) is 9.36 Å². The van der Waals surface area contributed by atoms with Crippen molar-refractivity contribution in [3.63, 3.8) is 0 Å². The van der Waals surface area contributed by atoms with Gasteiger partial charge in [0.1, 0.15) is 7.85 Å². The van der Waals surface area contributed by atoms with Crippen LogP contribution in [0.4, 0.5) is 0 Å². The normalized spacial score (nSPS) is 15.0. The van der Waals surface area contributed by atoms with Crippen LogP contribution in [0.1, 0.15) is 49.7 Å². The Hall–Kier alpha value is -1.85. The summed E-state index contributed by atoms with van der Waals surface area (Å²) in [5.74, 6) is 0.789. The molecule has 1 heterocycles. The Labute approximate surface area is 119 Å². The Balaban J connectivity index is 2.24. The molecule has 2 radical (unpaired) electrons. The van der Waals surface area contributed by atoms with Crippen LogP contribution in [0.25, 0.3) is 5.69 Å². The number of hydrogen-bond acceptors (Lipinski definition) is 3. The molecule has 0 unspecified atom stereocenters.